The molecule has 2 aromatic rings. The lowest BCUT2D eigenvalue weighted by Crippen LogP contribution is -2.31. The number of halogens is 1. The largest absolute Gasteiger partial charge is 0.490 e. The molecule has 2 aromatic carbocycles. The first kappa shape index (κ1) is 19.8. The van der Waals surface area contributed by atoms with Gasteiger partial charge in [-0.2, -0.15) is 0 Å². The molecular weight excluding hydrogens is 382 g/mol. The first-order valence-corrected chi connectivity index (χ1v) is 9.43. The highest BCUT2D eigenvalue weighted by Crippen LogP contribution is 2.37. The zero-order valence-electron chi connectivity index (χ0n) is 14.8. The first-order valence-electron chi connectivity index (χ1n) is 8.64. The van der Waals surface area contributed by atoms with Crippen LogP contribution in [-0.4, -0.2) is 24.4 Å². The van der Waals surface area contributed by atoms with Crippen molar-refractivity contribution in [3.8, 4) is 11.5 Å². The Balaban J connectivity index is 2.13. The summed E-state index contributed by atoms with van der Waals surface area (Å²) in [4.78, 5) is 0. The molecule has 0 aliphatic rings. The molecular formula is C20H26BrNO3. The van der Waals surface area contributed by atoms with Crippen molar-refractivity contribution in [1.82, 2.24) is 5.32 Å². The van der Waals surface area contributed by atoms with Gasteiger partial charge in [0.2, 0.25) is 0 Å². The molecule has 0 fully saturated rings. The maximum absolute atomic E-state index is 9.30. The SMILES string of the molecule is CCOc1cc(CN[C@@H](CC)CO)cc(Br)c1OCc1ccccc1. The van der Waals surface area contributed by atoms with E-state index in [0.717, 1.165) is 27.8 Å². The smallest absolute Gasteiger partial charge is 0.175 e. The molecule has 0 aliphatic carbocycles. The third-order valence-corrected chi connectivity index (χ3v) is 4.49. The summed E-state index contributed by atoms with van der Waals surface area (Å²) in [6.07, 6.45) is 0.883. The standard InChI is InChI=1S/C20H26BrNO3/c1-3-17(13-23)22-12-16-10-18(21)20(19(11-16)24-4-2)25-14-15-8-6-5-7-9-15/h5-11,17,22-23H,3-4,12-14H2,1-2H3/t17-/m0/s1. The van der Waals surface area contributed by atoms with Crippen LogP contribution in [0.3, 0.4) is 0 Å². The van der Waals surface area contributed by atoms with E-state index in [1.54, 1.807) is 0 Å². The van der Waals surface area contributed by atoms with E-state index in [0.29, 0.717) is 25.5 Å². The number of hydrogen-bond acceptors (Lipinski definition) is 4. The number of ether oxygens (including phenoxy) is 2. The molecule has 0 unspecified atom stereocenters. The molecule has 0 spiro atoms. The van der Waals surface area contributed by atoms with Crippen molar-refractivity contribution in [1.29, 1.82) is 0 Å². The summed E-state index contributed by atoms with van der Waals surface area (Å²) >= 11 is 3.60. The van der Waals surface area contributed by atoms with Crippen LogP contribution in [0, 0.1) is 0 Å². The van der Waals surface area contributed by atoms with Gasteiger partial charge in [-0.1, -0.05) is 37.3 Å². The van der Waals surface area contributed by atoms with Crippen molar-refractivity contribution < 1.29 is 14.6 Å². The molecule has 1 atom stereocenters. The fourth-order valence-corrected chi connectivity index (χ4v) is 3.06. The normalized spacial score (nSPS) is 12.0. The Hall–Kier alpha value is -1.56. The van der Waals surface area contributed by atoms with Crippen molar-refractivity contribution in [2.45, 2.75) is 39.5 Å². The Bertz CT molecular complexity index is 645. The van der Waals surface area contributed by atoms with E-state index < -0.39 is 0 Å². The predicted molar refractivity (Wildman–Crippen MR) is 104 cm³/mol. The van der Waals surface area contributed by atoms with Crippen molar-refractivity contribution in [3.05, 3.63) is 58.1 Å². The summed E-state index contributed by atoms with van der Waals surface area (Å²) in [5, 5.41) is 12.6. The molecule has 136 valence electrons. The summed E-state index contributed by atoms with van der Waals surface area (Å²) in [6.45, 7) is 5.86. The molecule has 2 N–H and O–H groups in total. The van der Waals surface area contributed by atoms with Gasteiger partial charge in [-0.15, -0.1) is 0 Å². The van der Waals surface area contributed by atoms with E-state index in [-0.39, 0.29) is 12.6 Å². The van der Waals surface area contributed by atoms with E-state index >= 15 is 0 Å². The molecule has 0 saturated heterocycles. The number of hydrogen-bond donors (Lipinski definition) is 2. The van der Waals surface area contributed by atoms with Crippen molar-refractivity contribution in [3.63, 3.8) is 0 Å². The lowest BCUT2D eigenvalue weighted by Gasteiger charge is -2.17. The van der Waals surface area contributed by atoms with Gasteiger partial charge >= 0.3 is 0 Å². The molecule has 0 radical (unpaired) electrons. The van der Waals surface area contributed by atoms with Gasteiger partial charge in [0.25, 0.3) is 0 Å². The second kappa shape index (κ2) is 10.4. The van der Waals surface area contributed by atoms with Gasteiger partial charge in [-0.05, 0) is 52.5 Å². The van der Waals surface area contributed by atoms with Crippen LogP contribution in [0.25, 0.3) is 0 Å². The van der Waals surface area contributed by atoms with E-state index in [2.05, 4.69) is 28.2 Å². The topological polar surface area (TPSA) is 50.7 Å². The number of nitrogens with one attached hydrogen (secondary N) is 1. The fraction of sp³-hybridized carbons (Fsp3) is 0.400. The molecule has 0 saturated carbocycles. The number of aliphatic hydroxyl groups is 1. The molecule has 25 heavy (non-hydrogen) atoms. The molecule has 0 bridgehead atoms. The van der Waals surface area contributed by atoms with Crippen molar-refractivity contribution in [2.24, 2.45) is 0 Å². The third kappa shape index (κ3) is 6.03. The fourth-order valence-electron chi connectivity index (χ4n) is 2.46. The zero-order valence-corrected chi connectivity index (χ0v) is 16.4. The number of aliphatic hydroxyl groups excluding tert-OH is 1. The minimum atomic E-state index is 0.100. The van der Waals surface area contributed by atoms with Crippen molar-refractivity contribution in [2.75, 3.05) is 13.2 Å². The van der Waals surface area contributed by atoms with Crippen LogP contribution in [0.4, 0.5) is 0 Å². The van der Waals surface area contributed by atoms with Gasteiger partial charge in [0.1, 0.15) is 6.61 Å². The second-order valence-corrected chi connectivity index (χ2v) is 6.64. The van der Waals surface area contributed by atoms with Gasteiger partial charge in [0, 0.05) is 12.6 Å². The van der Waals surface area contributed by atoms with Crippen LogP contribution in [0.15, 0.2) is 46.9 Å². The molecule has 0 amide bonds. The summed E-state index contributed by atoms with van der Waals surface area (Å²) in [7, 11) is 0. The van der Waals surface area contributed by atoms with E-state index in [1.165, 1.54) is 0 Å². The number of rotatable bonds is 10. The monoisotopic (exact) mass is 407 g/mol. The summed E-state index contributed by atoms with van der Waals surface area (Å²) < 4.78 is 12.6. The maximum atomic E-state index is 9.30. The Morgan fingerprint density at radius 3 is 2.48 bits per heavy atom. The molecule has 4 nitrogen and oxygen atoms in total. The predicted octanol–water partition coefficient (Wildman–Crippen LogP) is 4.29. The van der Waals surface area contributed by atoms with Crippen LogP contribution in [0.1, 0.15) is 31.4 Å². The van der Waals surface area contributed by atoms with E-state index in [9.17, 15) is 5.11 Å². The van der Waals surface area contributed by atoms with Crippen LogP contribution >= 0.6 is 15.9 Å². The minimum Gasteiger partial charge on any atom is -0.490 e. The highest BCUT2D eigenvalue weighted by Gasteiger charge is 2.13. The second-order valence-electron chi connectivity index (χ2n) is 5.78. The molecule has 0 aromatic heterocycles. The Labute approximate surface area is 158 Å². The van der Waals surface area contributed by atoms with Crippen LogP contribution < -0.4 is 14.8 Å². The maximum Gasteiger partial charge on any atom is 0.175 e. The summed E-state index contributed by atoms with van der Waals surface area (Å²) in [5.41, 5.74) is 2.19. The van der Waals surface area contributed by atoms with Crippen LogP contribution in [0.5, 0.6) is 11.5 Å². The third-order valence-electron chi connectivity index (χ3n) is 3.90. The summed E-state index contributed by atoms with van der Waals surface area (Å²) in [5.74, 6) is 1.44. The molecule has 2 rings (SSSR count). The van der Waals surface area contributed by atoms with Crippen molar-refractivity contribution >= 4 is 15.9 Å². The number of benzene rings is 2. The van der Waals surface area contributed by atoms with Crippen LogP contribution in [0.2, 0.25) is 0 Å². The zero-order chi connectivity index (χ0) is 18.1. The Kier molecular flexibility index (Phi) is 8.25. The van der Waals surface area contributed by atoms with Gasteiger partial charge in [0.15, 0.2) is 11.5 Å². The van der Waals surface area contributed by atoms with E-state index in [1.807, 2.05) is 49.4 Å². The van der Waals surface area contributed by atoms with Crippen LogP contribution in [-0.2, 0) is 13.2 Å². The molecule has 5 heteroatoms. The van der Waals surface area contributed by atoms with Gasteiger partial charge in [-0.3, -0.25) is 0 Å². The van der Waals surface area contributed by atoms with Gasteiger partial charge in [0.05, 0.1) is 17.7 Å². The minimum absolute atomic E-state index is 0.100. The lowest BCUT2D eigenvalue weighted by atomic mass is 10.1. The average molecular weight is 408 g/mol. The molecule has 0 heterocycles. The Morgan fingerprint density at radius 1 is 1.08 bits per heavy atom. The van der Waals surface area contributed by atoms with Gasteiger partial charge in [-0.25, -0.2) is 0 Å². The molecule has 0 aliphatic heterocycles. The van der Waals surface area contributed by atoms with Gasteiger partial charge < -0.3 is 19.9 Å². The Morgan fingerprint density at radius 2 is 1.84 bits per heavy atom. The quantitative estimate of drug-likeness (QED) is 0.616. The first-order chi connectivity index (χ1) is 12.2. The van der Waals surface area contributed by atoms with E-state index in [4.69, 9.17) is 9.47 Å². The highest BCUT2D eigenvalue weighted by atomic mass is 79.9. The lowest BCUT2D eigenvalue weighted by molar-refractivity contribution is 0.238. The summed E-state index contributed by atoms with van der Waals surface area (Å²) in [6, 6.07) is 14.2. The highest BCUT2D eigenvalue weighted by molar-refractivity contribution is 9.10. The average Bonchev–Trinajstić information content (AvgIpc) is 2.63.